The maximum Gasteiger partial charge on any atom is 0.266 e. The van der Waals surface area contributed by atoms with Gasteiger partial charge in [0.15, 0.2) is 0 Å². The molecule has 0 bridgehead atoms. The number of amides is 2. The number of morpholine rings is 1. The summed E-state index contributed by atoms with van der Waals surface area (Å²) in [5.41, 5.74) is 6.20. The second kappa shape index (κ2) is 7.62. The Balaban J connectivity index is 2.09. The van der Waals surface area contributed by atoms with Crippen LogP contribution >= 0.6 is 0 Å². The van der Waals surface area contributed by atoms with Crippen molar-refractivity contribution in [2.24, 2.45) is 0 Å². The van der Waals surface area contributed by atoms with Gasteiger partial charge in [0.2, 0.25) is 0 Å². The highest BCUT2D eigenvalue weighted by Crippen LogP contribution is 2.14. The third-order valence-electron chi connectivity index (χ3n) is 3.61. The molecule has 2 atom stereocenters. The summed E-state index contributed by atoms with van der Waals surface area (Å²) in [5.74, 6) is -0.904. The Kier molecular flexibility index (Phi) is 5.55. The van der Waals surface area contributed by atoms with Gasteiger partial charge in [0.1, 0.15) is 11.6 Å². The first-order chi connectivity index (χ1) is 11.4. The van der Waals surface area contributed by atoms with E-state index in [4.69, 9.17) is 10.5 Å². The number of nitrogens with two attached hydrogens (primary N) is 1. The van der Waals surface area contributed by atoms with E-state index in [1.165, 1.54) is 0 Å². The lowest BCUT2D eigenvalue weighted by Gasteiger charge is -2.35. The molecule has 1 saturated heterocycles. The zero-order chi connectivity index (χ0) is 17.7. The van der Waals surface area contributed by atoms with Gasteiger partial charge in [0, 0.05) is 25.0 Å². The Hall–Kier alpha value is -2.85. The van der Waals surface area contributed by atoms with Gasteiger partial charge in [0.05, 0.1) is 17.8 Å². The number of nitrogen functional groups attached to an aromatic ring is 1. The lowest BCUT2D eigenvalue weighted by molar-refractivity contribution is -0.138. The second-order valence-electron chi connectivity index (χ2n) is 5.70. The summed E-state index contributed by atoms with van der Waals surface area (Å²) >= 11 is 0. The molecule has 0 spiro atoms. The number of benzene rings is 1. The van der Waals surface area contributed by atoms with E-state index < -0.39 is 11.8 Å². The van der Waals surface area contributed by atoms with Gasteiger partial charge in [-0.3, -0.25) is 9.59 Å². The Morgan fingerprint density at radius 3 is 2.54 bits per heavy atom. The number of rotatable bonds is 3. The van der Waals surface area contributed by atoms with Crippen molar-refractivity contribution in [2.75, 3.05) is 18.8 Å². The van der Waals surface area contributed by atoms with Crippen molar-refractivity contribution in [3.63, 3.8) is 0 Å². The van der Waals surface area contributed by atoms with Gasteiger partial charge in [-0.1, -0.05) is 12.1 Å². The largest absolute Gasteiger partial charge is 0.398 e. The highest BCUT2D eigenvalue weighted by molar-refractivity contribution is 6.01. The topological polar surface area (TPSA) is 108 Å². The zero-order valence-electron chi connectivity index (χ0n) is 13.7. The van der Waals surface area contributed by atoms with E-state index in [0.717, 1.165) is 6.20 Å². The van der Waals surface area contributed by atoms with E-state index in [-0.39, 0.29) is 23.3 Å². The Labute approximate surface area is 140 Å². The SMILES string of the molecule is CC1CN(C(=O)/C(C#N)=C\NC(=O)c2ccccc2N)CC(C)O1. The smallest absolute Gasteiger partial charge is 0.266 e. The van der Waals surface area contributed by atoms with Crippen molar-refractivity contribution in [1.82, 2.24) is 10.2 Å². The minimum atomic E-state index is -0.475. The normalized spacial score (nSPS) is 21.0. The summed E-state index contributed by atoms with van der Waals surface area (Å²) in [6, 6.07) is 8.40. The molecule has 1 aromatic carbocycles. The monoisotopic (exact) mass is 328 g/mol. The van der Waals surface area contributed by atoms with Crippen molar-refractivity contribution in [3.8, 4) is 6.07 Å². The second-order valence-corrected chi connectivity index (χ2v) is 5.70. The molecule has 0 radical (unpaired) electrons. The zero-order valence-corrected chi connectivity index (χ0v) is 13.7. The molecule has 1 aromatic rings. The van der Waals surface area contributed by atoms with Crippen molar-refractivity contribution in [3.05, 3.63) is 41.6 Å². The van der Waals surface area contributed by atoms with E-state index in [1.807, 2.05) is 19.9 Å². The number of nitriles is 1. The minimum Gasteiger partial charge on any atom is -0.398 e. The first-order valence-corrected chi connectivity index (χ1v) is 7.62. The molecular weight excluding hydrogens is 308 g/mol. The van der Waals surface area contributed by atoms with Crippen LogP contribution in [0.25, 0.3) is 0 Å². The van der Waals surface area contributed by atoms with Gasteiger partial charge in [-0.2, -0.15) is 5.26 Å². The summed E-state index contributed by atoms with van der Waals surface area (Å²) in [6.45, 7) is 4.54. The fraction of sp³-hybridized carbons (Fsp3) is 0.353. The van der Waals surface area contributed by atoms with E-state index in [0.29, 0.717) is 18.8 Å². The molecule has 0 saturated carbocycles. The average molecular weight is 328 g/mol. The summed E-state index contributed by atoms with van der Waals surface area (Å²) in [4.78, 5) is 26.1. The van der Waals surface area contributed by atoms with Gasteiger partial charge < -0.3 is 20.7 Å². The van der Waals surface area contributed by atoms with Crippen LogP contribution in [-0.2, 0) is 9.53 Å². The van der Waals surface area contributed by atoms with Crippen LogP contribution in [-0.4, -0.2) is 42.0 Å². The van der Waals surface area contributed by atoms with Crippen LogP contribution in [0.1, 0.15) is 24.2 Å². The van der Waals surface area contributed by atoms with E-state index in [2.05, 4.69) is 5.32 Å². The van der Waals surface area contributed by atoms with Crippen LogP contribution in [0.2, 0.25) is 0 Å². The highest BCUT2D eigenvalue weighted by atomic mass is 16.5. The van der Waals surface area contributed by atoms with Crippen molar-refractivity contribution in [2.45, 2.75) is 26.1 Å². The minimum absolute atomic E-state index is 0.101. The maximum atomic E-state index is 12.4. The lowest BCUT2D eigenvalue weighted by atomic mass is 10.1. The lowest BCUT2D eigenvalue weighted by Crippen LogP contribution is -2.48. The molecule has 1 heterocycles. The molecule has 0 aromatic heterocycles. The Morgan fingerprint density at radius 1 is 1.33 bits per heavy atom. The number of para-hydroxylation sites is 1. The summed E-state index contributed by atoms with van der Waals surface area (Å²) in [6.07, 6.45) is 0.926. The van der Waals surface area contributed by atoms with Crippen molar-refractivity contribution < 1.29 is 14.3 Å². The first kappa shape index (κ1) is 17.5. The quantitative estimate of drug-likeness (QED) is 0.489. The first-order valence-electron chi connectivity index (χ1n) is 7.62. The van der Waals surface area contributed by atoms with Gasteiger partial charge in [-0.25, -0.2) is 0 Å². The van der Waals surface area contributed by atoms with E-state index >= 15 is 0 Å². The third-order valence-corrected chi connectivity index (χ3v) is 3.61. The fourth-order valence-electron chi connectivity index (χ4n) is 2.58. The van der Waals surface area contributed by atoms with Crippen LogP contribution in [0.5, 0.6) is 0 Å². The number of nitrogens with zero attached hydrogens (tertiary/aromatic N) is 2. The highest BCUT2D eigenvalue weighted by Gasteiger charge is 2.27. The standard InChI is InChI=1S/C17H20N4O3/c1-11-9-21(10-12(2)24-11)17(23)13(7-18)8-20-16(22)14-5-3-4-6-15(14)19/h3-6,8,11-12H,9-10,19H2,1-2H3,(H,20,22)/b13-8-. The molecule has 3 N–H and O–H groups in total. The number of anilines is 1. The molecule has 7 heteroatoms. The number of hydrogen-bond donors (Lipinski definition) is 2. The van der Waals surface area contributed by atoms with Crippen LogP contribution in [0, 0.1) is 11.3 Å². The molecule has 126 valence electrons. The number of hydrogen-bond acceptors (Lipinski definition) is 5. The summed E-state index contributed by atoms with van der Waals surface area (Å²) in [7, 11) is 0. The molecule has 2 unspecified atom stereocenters. The predicted octanol–water partition coefficient (Wildman–Crippen LogP) is 1.04. The Bertz CT molecular complexity index is 698. The average Bonchev–Trinajstić information content (AvgIpc) is 2.54. The van der Waals surface area contributed by atoms with Crippen molar-refractivity contribution in [1.29, 1.82) is 5.26 Å². The van der Waals surface area contributed by atoms with Gasteiger partial charge in [0.25, 0.3) is 11.8 Å². The van der Waals surface area contributed by atoms with Crippen LogP contribution in [0.15, 0.2) is 36.0 Å². The predicted molar refractivity (Wildman–Crippen MR) is 88.6 cm³/mol. The summed E-state index contributed by atoms with van der Waals surface area (Å²) in [5, 5.41) is 11.7. The summed E-state index contributed by atoms with van der Waals surface area (Å²) < 4.78 is 5.57. The molecule has 1 aliphatic heterocycles. The fourth-order valence-corrected chi connectivity index (χ4v) is 2.58. The number of carbonyl (C=O) groups is 2. The molecule has 2 amide bonds. The number of carbonyl (C=O) groups excluding carboxylic acids is 2. The Morgan fingerprint density at radius 2 is 1.96 bits per heavy atom. The number of ether oxygens (including phenoxy) is 1. The molecule has 2 rings (SSSR count). The van der Waals surface area contributed by atoms with E-state index in [9.17, 15) is 14.9 Å². The number of nitrogens with one attached hydrogen (secondary N) is 1. The van der Waals surface area contributed by atoms with Crippen LogP contribution < -0.4 is 11.1 Å². The molecule has 24 heavy (non-hydrogen) atoms. The van der Waals surface area contributed by atoms with Gasteiger partial charge >= 0.3 is 0 Å². The molecule has 7 nitrogen and oxygen atoms in total. The maximum absolute atomic E-state index is 12.4. The third kappa shape index (κ3) is 4.12. The van der Waals surface area contributed by atoms with Gasteiger partial charge in [-0.15, -0.1) is 0 Å². The molecule has 0 aliphatic carbocycles. The molecule has 1 aliphatic rings. The molecule has 1 fully saturated rings. The van der Waals surface area contributed by atoms with Crippen LogP contribution in [0.4, 0.5) is 5.69 Å². The molecular formula is C17H20N4O3. The van der Waals surface area contributed by atoms with E-state index in [1.54, 1.807) is 29.2 Å². The van der Waals surface area contributed by atoms with Crippen molar-refractivity contribution >= 4 is 17.5 Å². The van der Waals surface area contributed by atoms with Gasteiger partial charge in [-0.05, 0) is 26.0 Å². The van der Waals surface area contributed by atoms with Crippen LogP contribution in [0.3, 0.4) is 0 Å².